The van der Waals surface area contributed by atoms with Gasteiger partial charge in [-0.25, -0.2) is 56.6 Å². The van der Waals surface area contributed by atoms with Gasteiger partial charge in [-0.15, -0.1) is 0 Å². The molecule has 9 aromatic rings. The molecule has 0 saturated heterocycles. The molecule has 31 heteroatoms. The van der Waals surface area contributed by atoms with Gasteiger partial charge in [0, 0.05) is 122 Å². The summed E-state index contributed by atoms with van der Waals surface area (Å²) >= 11 is 0. The first-order chi connectivity index (χ1) is 41.5. The van der Waals surface area contributed by atoms with Gasteiger partial charge in [0.05, 0.1) is 54.3 Å². The molecule has 0 fully saturated rings. The Kier molecular flexibility index (Phi) is 27.3. The topological polar surface area (TPSA) is 350 Å². The standard InChI is InChI=1S/2C15H19N7O2.C10H11N7.3C6H16OSi/c1-15(2,3)24-14(23)22(16)12-7-17-13-11(19-12)5-10(20-13)9-6-18-21(4)8-9;1-15(2,3)24-14(23)21-20-12-7-16-13-11(18-12)5-10(19-13)9-6-17-22(4)8-9;1-17-5-6(3-13-17)7-2-8-10(15-7)12-4-9(14-8)16-11;3*1-7-5-6-8(2,3)4/h5-8H,16H2,1-4H3,(H,17,20);5-8H,1-4H3,(H,16,19)(H,18,20)(H,21,23);2-5H,11H2,1H3,(H,12,15)(H,14,16);3*5-6H2,1-4H3. The number of ether oxygens (including phenoxy) is 5. The zero-order chi connectivity index (χ0) is 66.5. The number of hydrazine groups is 3. The maximum absolute atomic E-state index is 12.0. The number of nitrogens with zero attached hydrogens (tertiary/aromatic N) is 13. The number of aromatic amines is 3. The predicted molar refractivity (Wildman–Crippen MR) is 362 cm³/mol. The van der Waals surface area contributed by atoms with Crippen molar-refractivity contribution in [1.29, 1.82) is 0 Å². The van der Waals surface area contributed by atoms with Crippen molar-refractivity contribution in [3.05, 3.63) is 74.0 Å². The number of carbonyl (C=O) groups is 2. The van der Waals surface area contributed by atoms with Crippen LogP contribution in [0.1, 0.15) is 41.5 Å². The van der Waals surface area contributed by atoms with Gasteiger partial charge in [0.1, 0.15) is 27.8 Å². The third kappa shape index (κ3) is 27.2. The van der Waals surface area contributed by atoms with Crippen LogP contribution in [0.2, 0.25) is 77.1 Å². The second kappa shape index (κ2) is 33.1. The lowest BCUT2D eigenvalue weighted by atomic mass is 10.2. The van der Waals surface area contributed by atoms with Gasteiger partial charge in [-0.3, -0.25) is 19.5 Å². The van der Waals surface area contributed by atoms with E-state index in [-0.39, 0.29) is 5.82 Å². The van der Waals surface area contributed by atoms with Crippen molar-refractivity contribution in [3.63, 3.8) is 0 Å². The van der Waals surface area contributed by atoms with E-state index in [4.69, 9.17) is 35.4 Å². The lowest BCUT2D eigenvalue weighted by molar-refractivity contribution is 0.0537. The summed E-state index contributed by atoms with van der Waals surface area (Å²) in [7, 11) is 8.45. The van der Waals surface area contributed by atoms with Gasteiger partial charge in [-0.1, -0.05) is 58.9 Å². The number of amides is 2. The summed E-state index contributed by atoms with van der Waals surface area (Å²) in [4.78, 5) is 59.0. The molecular formula is C58H97N21O7Si3. The molecule has 0 bridgehead atoms. The molecule has 89 heavy (non-hydrogen) atoms. The molecular weight excluding hydrogens is 1190 g/mol. The fraction of sp³-hybridized carbons (Fsp3) is 0.500. The normalized spacial score (nSPS) is 11.6. The molecule has 9 rings (SSSR count). The summed E-state index contributed by atoms with van der Waals surface area (Å²) in [5, 5.41) is 13.2. The van der Waals surface area contributed by atoms with Gasteiger partial charge in [0.15, 0.2) is 34.4 Å². The van der Waals surface area contributed by atoms with Crippen molar-refractivity contribution in [2.24, 2.45) is 32.8 Å². The van der Waals surface area contributed by atoms with Gasteiger partial charge in [0.25, 0.3) is 0 Å². The summed E-state index contributed by atoms with van der Waals surface area (Å²) < 4.78 is 30.4. The summed E-state index contributed by atoms with van der Waals surface area (Å²) in [6.45, 7) is 34.7. The fourth-order valence-corrected chi connectivity index (χ4v) is 9.58. The number of fused-ring (bicyclic) bond motifs is 3. The Balaban J connectivity index is 0.000000243. The van der Waals surface area contributed by atoms with Crippen LogP contribution in [0.3, 0.4) is 0 Å². The number of anilines is 3. The van der Waals surface area contributed by atoms with Gasteiger partial charge in [-0.2, -0.15) is 20.3 Å². The zero-order valence-corrected chi connectivity index (χ0v) is 59.0. The third-order valence-corrected chi connectivity index (χ3v) is 17.0. The molecule has 488 valence electrons. The summed E-state index contributed by atoms with van der Waals surface area (Å²) in [6, 6.07) is 9.46. The Labute approximate surface area is 525 Å². The highest BCUT2D eigenvalue weighted by Crippen LogP contribution is 2.26. The molecule has 0 radical (unpaired) electrons. The SMILES string of the molecule is COCC[Si](C)(C)C.COCC[Si](C)(C)C.COCC[Si](C)(C)C.Cn1cc(-c2cc3nc(N(N)C(=O)OC(C)(C)C)cnc3[nH]2)cn1.Cn1cc(-c2cc3nc(NN)cnc3[nH]2)cn1.Cn1cc(-c2cc3nc(NNC(=O)OC(C)(C)C)cnc3[nH]2)cn1. The second-order valence-corrected chi connectivity index (χ2v) is 43.2. The molecule has 9 aromatic heterocycles. The number of hydrogen-bond donors (Lipinski definition) is 8. The van der Waals surface area contributed by atoms with Gasteiger partial charge < -0.3 is 44.1 Å². The highest BCUT2D eigenvalue weighted by molar-refractivity contribution is 6.76. The Hall–Kier alpha value is -7.92. The van der Waals surface area contributed by atoms with Crippen LogP contribution < -0.4 is 33.0 Å². The first-order valence-corrected chi connectivity index (χ1v) is 40.1. The second-order valence-electron chi connectivity index (χ2n) is 26.4. The Bertz CT molecular complexity index is 3550. The number of nitrogens with two attached hydrogens (primary N) is 2. The van der Waals surface area contributed by atoms with E-state index in [0.717, 1.165) is 69.8 Å². The monoisotopic (exact) mass is 1280 g/mol. The van der Waals surface area contributed by atoms with E-state index in [2.05, 4.69) is 135 Å². The van der Waals surface area contributed by atoms with E-state index in [0.29, 0.717) is 34.0 Å². The van der Waals surface area contributed by atoms with Gasteiger partial charge >= 0.3 is 12.2 Å². The molecule has 2 amide bonds. The van der Waals surface area contributed by atoms with Crippen LogP contribution in [0.25, 0.3) is 67.3 Å². The molecule has 10 N–H and O–H groups in total. The van der Waals surface area contributed by atoms with Crippen molar-refractivity contribution >= 4 is 87.4 Å². The lowest BCUT2D eigenvalue weighted by Gasteiger charge is -2.23. The van der Waals surface area contributed by atoms with Crippen molar-refractivity contribution in [2.75, 3.05) is 57.0 Å². The molecule has 0 aromatic carbocycles. The number of methoxy groups -OCH3 is 3. The number of aryl methyl sites for hydroxylation is 3. The summed E-state index contributed by atoms with van der Waals surface area (Å²) in [6.07, 6.45) is 14.2. The highest BCUT2D eigenvalue weighted by atomic mass is 28.3. The molecule has 0 unspecified atom stereocenters. The van der Waals surface area contributed by atoms with Crippen LogP contribution >= 0.6 is 0 Å². The van der Waals surface area contributed by atoms with Crippen LogP contribution in [0.5, 0.6) is 0 Å². The first-order valence-electron chi connectivity index (χ1n) is 29.0. The first kappa shape index (κ1) is 73.5. The number of aromatic nitrogens is 15. The largest absolute Gasteiger partial charge is 0.443 e. The Morgan fingerprint density at radius 2 is 0.888 bits per heavy atom. The van der Waals surface area contributed by atoms with Crippen molar-refractivity contribution in [2.45, 2.75) is 130 Å². The molecule has 0 spiro atoms. The maximum atomic E-state index is 12.0. The van der Waals surface area contributed by atoms with Crippen molar-refractivity contribution in [3.8, 4) is 33.8 Å². The minimum absolute atomic E-state index is 0.202. The minimum Gasteiger partial charge on any atom is -0.443 e. The van der Waals surface area contributed by atoms with Crippen LogP contribution in [0.4, 0.5) is 27.0 Å². The third-order valence-electron chi connectivity index (χ3n) is 11.9. The van der Waals surface area contributed by atoms with E-state index >= 15 is 0 Å². The molecule has 0 aliphatic rings. The van der Waals surface area contributed by atoms with Crippen LogP contribution in [-0.2, 0) is 44.8 Å². The van der Waals surface area contributed by atoms with Crippen LogP contribution in [-0.4, -0.2) is 163 Å². The maximum Gasteiger partial charge on any atom is 0.430 e. The van der Waals surface area contributed by atoms with E-state index in [1.54, 1.807) is 102 Å². The minimum atomic E-state index is -0.803. The van der Waals surface area contributed by atoms with Crippen LogP contribution in [0.15, 0.2) is 74.0 Å². The van der Waals surface area contributed by atoms with E-state index in [1.807, 2.05) is 57.9 Å². The molecule has 9 heterocycles. The molecule has 28 nitrogen and oxygen atoms in total. The average molecular weight is 1280 g/mol. The molecule has 0 saturated carbocycles. The Morgan fingerprint density at radius 3 is 1.20 bits per heavy atom. The van der Waals surface area contributed by atoms with E-state index in [9.17, 15) is 9.59 Å². The fourth-order valence-electron chi connectivity index (χ4n) is 7.13. The van der Waals surface area contributed by atoms with Crippen LogP contribution in [0, 0.1) is 0 Å². The number of H-pyrrole nitrogens is 3. The molecule has 0 aliphatic heterocycles. The van der Waals surface area contributed by atoms with Crippen molar-refractivity contribution < 1.29 is 33.3 Å². The number of hydrogen-bond acceptors (Lipinski definition) is 20. The number of rotatable bonds is 16. The smallest absolute Gasteiger partial charge is 0.430 e. The summed E-state index contributed by atoms with van der Waals surface area (Å²) in [5.41, 5.74) is 15.8. The highest BCUT2D eigenvalue weighted by Gasteiger charge is 2.23. The number of nitrogens with one attached hydrogen (secondary N) is 6. The average Bonchev–Trinajstić information content (AvgIpc) is 3.61. The van der Waals surface area contributed by atoms with Gasteiger partial charge in [-0.05, 0) is 77.9 Å². The van der Waals surface area contributed by atoms with Gasteiger partial charge in [0.2, 0.25) is 0 Å². The van der Waals surface area contributed by atoms with E-state index in [1.165, 1.54) is 30.5 Å². The summed E-state index contributed by atoms with van der Waals surface area (Å²) in [5.74, 6) is 12.2. The zero-order valence-electron chi connectivity index (χ0n) is 56.0. The lowest BCUT2D eigenvalue weighted by Crippen LogP contribution is -2.42. The molecule has 0 aliphatic carbocycles. The quantitative estimate of drug-likeness (QED) is 0.0193. The molecule has 0 atom stereocenters. The van der Waals surface area contributed by atoms with E-state index < -0.39 is 47.6 Å². The number of carbonyl (C=O) groups excluding carboxylic acids is 2. The Morgan fingerprint density at radius 1 is 0.539 bits per heavy atom. The van der Waals surface area contributed by atoms with Crippen molar-refractivity contribution in [1.82, 2.24) is 79.6 Å². The predicted octanol–water partition coefficient (Wildman–Crippen LogP) is 10.7. The number of nitrogen functional groups attached to an aromatic ring is 1.